The van der Waals surface area contributed by atoms with E-state index in [4.69, 9.17) is 11.5 Å². The predicted octanol–water partition coefficient (Wildman–Crippen LogP) is 3.75. The van der Waals surface area contributed by atoms with Crippen LogP contribution in [0.1, 0.15) is 11.1 Å². The molecule has 3 rings (SSSR count). The summed E-state index contributed by atoms with van der Waals surface area (Å²) in [5.74, 6) is 1.26. The molecule has 0 radical (unpaired) electrons. The molecule has 122 valence electrons. The van der Waals surface area contributed by atoms with Crippen molar-refractivity contribution in [3.8, 4) is 0 Å². The summed E-state index contributed by atoms with van der Waals surface area (Å²) in [6.45, 7) is 4.07. The van der Waals surface area contributed by atoms with Crippen molar-refractivity contribution in [1.82, 2.24) is 9.97 Å². The Balaban J connectivity index is 1.94. The number of aromatic nitrogens is 2. The Labute approximate surface area is 140 Å². The molecule has 24 heavy (non-hydrogen) atoms. The molecule has 0 amide bonds. The fourth-order valence-corrected chi connectivity index (χ4v) is 2.42. The lowest BCUT2D eigenvalue weighted by atomic mass is 10.1. The van der Waals surface area contributed by atoms with Gasteiger partial charge in [0.25, 0.3) is 0 Å². The van der Waals surface area contributed by atoms with Crippen LogP contribution in [0.4, 0.5) is 34.4 Å². The van der Waals surface area contributed by atoms with Crippen LogP contribution < -0.4 is 22.1 Å². The number of pyridine rings is 2. The summed E-state index contributed by atoms with van der Waals surface area (Å²) in [6.07, 6.45) is 3.41. The molecule has 2 aromatic heterocycles. The number of nitrogens with zero attached hydrogens (tertiary/aromatic N) is 2. The fourth-order valence-electron chi connectivity index (χ4n) is 2.42. The van der Waals surface area contributed by atoms with Gasteiger partial charge in [0, 0.05) is 23.8 Å². The number of aryl methyl sites for hydroxylation is 2. The van der Waals surface area contributed by atoms with Crippen LogP contribution in [0.5, 0.6) is 0 Å². The third-order valence-electron chi connectivity index (χ3n) is 3.76. The van der Waals surface area contributed by atoms with E-state index in [0.29, 0.717) is 23.0 Å². The van der Waals surface area contributed by atoms with E-state index in [9.17, 15) is 0 Å². The van der Waals surface area contributed by atoms with Gasteiger partial charge >= 0.3 is 0 Å². The summed E-state index contributed by atoms with van der Waals surface area (Å²) in [7, 11) is 0. The third-order valence-corrected chi connectivity index (χ3v) is 3.76. The Hall–Kier alpha value is -3.28. The van der Waals surface area contributed by atoms with Crippen LogP contribution in [0.25, 0.3) is 0 Å². The average Bonchev–Trinajstić information content (AvgIpc) is 2.56. The van der Waals surface area contributed by atoms with Crippen LogP contribution in [-0.4, -0.2) is 9.97 Å². The number of benzene rings is 1. The number of hydrogen-bond acceptors (Lipinski definition) is 6. The molecule has 0 saturated carbocycles. The van der Waals surface area contributed by atoms with Gasteiger partial charge in [-0.15, -0.1) is 0 Å². The van der Waals surface area contributed by atoms with Crippen molar-refractivity contribution >= 4 is 34.4 Å². The van der Waals surface area contributed by atoms with Crippen molar-refractivity contribution in [1.29, 1.82) is 0 Å². The number of hydrogen-bond donors (Lipinski definition) is 4. The molecule has 6 N–H and O–H groups in total. The summed E-state index contributed by atoms with van der Waals surface area (Å²) in [4.78, 5) is 8.55. The maximum atomic E-state index is 5.96. The highest BCUT2D eigenvalue weighted by Crippen LogP contribution is 2.30. The molecule has 0 aliphatic carbocycles. The second-order valence-corrected chi connectivity index (χ2v) is 5.61. The van der Waals surface area contributed by atoms with Gasteiger partial charge in [0.1, 0.15) is 0 Å². The zero-order valence-corrected chi connectivity index (χ0v) is 13.7. The highest BCUT2D eigenvalue weighted by atomic mass is 15.0. The molecule has 0 atom stereocenters. The predicted molar refractivity (Wildman–Crippen MR) is 99.8 cm³/mol. The Morgan fingerprint density at radius 2 is 1.21 bits per heavy atom. The maximum Gasteiger partial charge on any atom is 0.153 e. The molecule has 6 heteroatoms. The summed E-state index contributed by atoms with van der Waals surface area (Å²) >= 11 is 0. The number of nitrogens with two attached hydrogens (primary N) is 2. The van der Waals surface area contributed by atoms with E-state index in [1.54, 1.807) is 24.5 Å². The van der Waals surface area contributed by atoms with Crippen LogP contribution in [0, 0.1) is 13.8 Å². The number of nitrogen functional groups attached to an aromatic ring is 2. The SMILES string of the molecule is Cc1cc(C)c(Nc2ncccc2N)cc1Nc1ncccc1N. The molecule has 0 spiro atoms. The van der Waals surface area contributed by atoms with Gasteiger partial charge in [-0.1, -0.05) is 6.07 Å². The Bertz CT molecular complexity index is 806. The molecule has 0 unspecified atom stereocenters. The molecular weight excluding hydrogens is 300 g/mol. The summed E-state index contributed by atoms with van der Waals surface area (Å²) < 4.78 is 0. The van der Waals surface area contributed by atoms with Crippen LogP contribution in [0.3, 0.4) is 0 Å². The molecule has 0 bridgehead atoms. The minimum Gasteiger partial charge on any atom is -0.396 e. The molecule has 0 fully saturated rings. The quantitative estimate of drug-likeness (QED) is 0.584. The van der Waals surface area contributed by atoms with Gasteiger partial charge < -0.3 is 22.1 Å². The van der Waals surface area contributed by atoms with Crippen molar-refractivity contribution in [3.05, 3.63) is 59.9 Å². The van der Waals surface area contributed by atoms with E-state index >= 15 is 0 Å². The van der Waals surface area contributed by atoms with E-state index in [2.05, 4.69) is 26.7 Å². The van der Waals surface area contributed by atoms with E-state index in [-0.39, 0.29) is 0 Å². The molecule has 0 aliphatic rings. The summed E-state index contributed by atoms with van der Waals surface area (Å²) in [5.41, 5.74) is 17.1. The van der Waals surface area contributed by atoms with E-state index in [1.807, 2.05) is 32.0 Å². The Morgan fingerprint density at radius 3 is 1.62 bits per heavy atom. The highest BCUT2D eigenvalue weighted by molar-refractivity contribution is 5.77. The van der Waals surface area contributed by atoms with Gasteiger partial charge in [-0.2, -0.15) is 0 Å². The Morgan fingerprint density at radius 1 is 0.750 bits per heavy atom. The number of rotatable bonds is 4. The van der Waals surface area contributed by atoms with Gasteiger partial charge in [0.05, 0.1) is 11.4 Å². The molecular formula is C18H20N6. The molecule has 0 aliphatic heterocycles. The van der Waals surface area contributed by atoms with Crippen molar-refractivity contribution in [2.75, 3.05) is 22.1 Å². The zero-order valence-electron chi connectivity index (χ0n) is 13.7. The van der Waals surface area contributed by atoms with Crippen molar-refractivity contribution in [2.45, 2.75) is 13.8 Å². The monoisotopic (exact) mass is 320 g/mol. The fraction of sp³-hybridized carbons (Fsp3) is 0.111. The normalized spacial score (nSPS) is 10.4. The number of nitrogens with one attached hydrogen (secondary N) is 2. The molecule has 1 aromatic carbocycles. The average molecular weight is 320 g/mol. The standard InChI is InChI=1S/C18H20N6/c1-11-9-12(2)16(24-18-14(20)6-4-8-22-18)10-15(11)23-17-13(19)5-3-7-21-17/h3-10H,19-20H2,1-2H3,(H,21,23)(H,22,24). The lowest BCUT2D eigenvalue weighted by Crippen LogP contribution is -2.03. The Kier molecular flexibility index (Phi) is 4.20. The molecule has 3 aromatic rings. The topological polar surface area (TPSA) is 102 Å². The van der Waals surface area contributed by atoms with Gasteiger partial charge in [-0.3, -0.25) is 0 Å². The lowest BCUT2D eigenvalue weighted by molar-refractivity contribution is 1.27. The number of anilines is 6. The second kappa shape index (κ2) is 6.45. The van der Waals surface area contributed by atoms with Gasteiger partial charge in [-0.25, -0.2) is 9.97 Å². The largest absolute Gasteiger partial charge is 0.396 e. The second-order valence-electron chi connectivity index (χ2n) is 5.61. The van der Waals surface area contributed by atoms with E-state index < -0.39 is 0 Å². The van der Waals surface area contributed by atoms with Crippen LogP contribution in [0.2, 0.25) is 0 Å². The van der Waals surface area contributed by atoms with Gasteiger partial charge in [-0.05, 0) is 55.3 Å². The lowest BCUT2D eigenvalue weighted by Gasteiger charge is -2.16. The summed E-state index contributed by atoms with van der Waals surface area (Å²) in [5, 5.41) is 6.56. The summed E-state index contributed by atoms with van der Waals surface area (Å²) in [6, 6.07) is 11.3. The van der Waals surface area contributed by atoms with Crippen molar-refractivity contribution in [3.63, 3.8) is 0 Å². The van der Waals surface area contributed by atoms with Crippen LogP contribution in [0.15, 0.2) is 48.8 Å². The highest BCUT2D eigenvalue weighted by Gasteiger charge is 2.09. The van der Waals surface area contributed by atoms with Crippen molar-refractivity contribution in [2.24, 2.45) is 0 Å². The van der Waals surface area contributed by atoms with Gasteiger partial charge in [0.2, 0.25) is 0 Å². The van der Waals surface area contributed by atoms with Gasteiger partial charge in [0.15, 0.2) is 11.6 Å². The maximum absolute atomic E-state index is 5.96. The molecule has 2 heterocycles. The molecule has 6 nitrogen and oxygen atoms in total. The van der Waals surface area contributed by atoms with E-state index in [1.165, 1.54) is 0 Å². The smallest absolute Gasteiger partial charge is 0.153 e. The van der Waals surface area contributed by atoms with Crippen LogP contribution >= 0.6 is 0 Å². The van der Waals surface area contributed by atoms with Crippen LogP contribution in [-0.2, 0) is 0 Å². The first kappa shape index (κ1) is 15.6. The first-order valence-corrected chi connectivity index (χ1v) is 7.61. The third kappa shape index (κ3) is 3.22. The first-order valence-electron chi connectivity index (χ1n) is 7.61. The van der Waals surface area contributed by atoms with Crippen molar-refractivity contribution < 1.29 is 0 Å². The minimum absolute atomic E-state index is 0.598. The first-order chi connectivity index (χ1) is 11.5. The minimum atomic E-state index is 0.598. The molecule has 0 saturated heterocycles. The van der Waals surface area contributed by atoms with E-state index in [0.717, 1.165) is 22.5 Å². The zero-order chi connectivity index (χ0) is 17.1.